The van der Waals surface area contributed by atoms with Crippen LogP contribution in [0, 0.1) is 11.8 Å². The molecule has 0 saturated heterocycles. The fourth-order valence-electron chi connectivity index (χ4n) is 1.79. The van der Waals surface area contributed by atoms with Crippen LogP contribution in [0.2, 0.25) is 0 Å². The van der Waals surface area contributed by atoms with E-state index in [0.717, 1.165) is 25.1 Å². The molecule has 1 N–H and O–H groups in total. The maximum Gasteiger partial charge on any atom is 0.0245 e. The third kappa shape index (κ3) is 5.92. The maximum atomic E-state index is 3.23. The Morgan fingerprint density at radius 2 is 1.79 bits per heavy atom. The normalized spacial score (nSPS) is 11.3. The van der Waals surface area contributed by atoms with Gasteiger partial charge in [-0.1, -0.05) is 51.7 Å². The lowest BCUT2D eigenvalue weighted by Crippen LogP contribution is -2.34. The van der Waals surface area contributed by atoms with Crippen molar-refractivity contribution in [3.8, 4) is 11.8 Å². The highest BCUT2D eigenvalue weighted by Crippen LogP contribution is 2.21. The number of benzene rings is 1. The summed E-state index contributed by atoms with van der Waals surface area (Å²) in [6, 6.07) is 8.58. The van der Waals surface area contributed by atoms with E-state index in [0.29, 0.717) is 0 Å². The smallest absolute Gasteiger partial charge is 0.0245 e. The lowest BCUT2D eigenvalue weighted by Gasteiger charge is -2.18. The van der Waals surface area contributed by atoms with Crippen LogP contribution in [0.4, 0.5) is 0 Å². The van der Waals surface area contributed by atoms with Gasteiger partial charge in [0.05, 0.1) is 0 Å². The molecule has 0 spiro atoms. The molecule has 0 fully saturated rings. The molecule has 0 aromatic heterocycles. The van der Waals surface area contributed by atoms with E-state index in [-0.39, 0.29) is 5.41 Å². The van der Waals surface area contributed by atoms with Crippen LogP contribution >= 0.6 is 0 Å². The van der Waals surface area contributed by atoms with E-state index >= 15 is 0 Å². The third-order valence-corrected chi connectivity index (χ3v) is 2.98. The summed E-state index contributed by atoms with van der Waals surface area (Å²) in [4.78, 5) is 0. The minimum absolute atomic E-state index is 0.209. The summed E-state index contributed by atoms with van der Waals surface area (Å²) < 4.78 is 0. The highest BCUT2D eigenvalue weighted by atomic mass is 15.5. The molecule has 2 nitrogen and oxygen atoms in total. The molecule has 0 aliphatic heterocycles. The Bertz CT molecular complexity index is 429. The van der Waals surface area contributed by atoms with Gasteiger partial charge in [0.25, 0.3) is 0 Å². The number of hydrogen-bond acceptors (Lipinski definition) is 2. The molecule has 19 heavy (non-hydrogen) atoms. The van der Waals surface area contributed by atoms with Crippen molar-refractivity contribution in [2.75, 3.05) is 20.1 Å². The zero-order valence-electron chi connectivity index (χ0n) is 12.9. The highest BCUT2D eigenvalue weighted by Gasteiger charge is 2.12. The summed E-state index contributed by atoms with van der Waals surface area (Å²) in [5.41, 5.74) is 5.89. The third-order valence-electron chi connectivity index (χ3n) is 2.98. The van der Waals surface area contributed by atoms with Crippen molar-refractivity contribution >= 4 is 0 Å². The average Bonchev–Trinajstić information content (AvgIpc) is 2.34. The first-order valence-corrected chi connectivity index (χ1v) is 6.97. The molecule has 0 aliphatic carbocycles. The Labute approximate surface area is 118 Å². The van der Waals surface area contributed by atoms with Crippen molar-refractivity contribution in [1.82, 2.24) is 10.4 Å². The zero-order valence-corrected chi connectivity index (χ0v) is 12.9. The van der Waals surface area contributed by atoms with E-state index in [1.165, 1.54) is 5.56 Å². The van der Waals surface area contributed by atoms with Gasteiger partial charge in [-0.25, -0.2) is 5.01 Å². The number of hydrogen-bond donors (Lipinski definition) is 1. The number of rotatable bonds is 4. The molecular weight excluding hydrogens is 232 g/mol. The summed E-state index contributed by atoms with van der Waals surface area (Å²) >= 11 is 0. The molecule has 0 bridgehead atoms. The first kappa shape index (κ1) is 15.8. The van der Waals surface area contributed by atoms with Gasteiger partial charge < -0.3 is 0 Å². The van der Waals surface area contributed by atoms with Crippen molar-refractivity contribution in [3.63, 3.8) is 0 Å². The van der Waals surface area contributed by atoms with Gasteiger partial charge in [-0.3, -0.25) is 5.43 Å². The maximum absolute atomic E-state index is 3.23. The summed E-state index contributed by atoms with van der Waals surface area (Å²) in [6.07, 6.45) is 0.879. The van der Waals surface area contributed by atoms with Crippen LogP contribution in [0.1, 0.15) is 45.2 Å². The van der Waals surface area contributed by atoms with Gasteiger partial charge in [0.15, 0.2) is 0 Å². The zero-order chi connectivity index (χ0) is 14.3. The fraction of sp³-hybridized carbons (Fsp3) is 0.529. The standard InChI is InChI=1S/C17H26N2/c1-6-18-19(5)14-8-7-9-15-10-12-16(13-11-15)17(2,3)4/h10-13,18H,6,8,14H2,1-5H3. The molecule has 0 atom stereocenters. The molecule has 0 aliphatic rings. The van der Waals surface area contributed by atoms with Crippen LogP contribution < -0.4 is 5.43 Å². The quantitative estimate of drug-likeness (QED) is 0.659. The lowest BCUT2D eigenvalue weighted by atomic mass is 9.87. The van der Waals surface area contributed by atoms with Gasteiger partial charge in [0, 0.05) is 32.1 Å². The summed E-state index contributed by atoms with van der Waals surface area (Å²) in [5.74, 6) is 6.43. The van der Waals surface area contributed by atoms with Gasteiger partial charge >= 0.3 is 0 Å². The lowest BCUT2D eigenvalue weighted by molar-refractivity contribution is 0.247. The van der Waals surface area contributed by atoms with Crippen molar-refractivity contribution in [2.45, 2.75) is 39.5 Å². The van der Waals surface area contributed by atoms with E-state index in [2.05, 4.69) is 74.2 Å². The van der Waals surface area contributed by atoms with E-state index in [1.807, 2.05) is 7.05 Å². The second kappa shape index (κ2) is 7.33. The first-order chi connectivity index (χ1) is 8.93. The number of hydrazine groups is 1. The minimum atomic E-state index is 0.209. The molecule has 2 heteroatoms. The number of nitrogens with zero attached hydrogens (tertiary/aromatic N) is 1. The largest absolute Gasteiger partial charge is 0.256 e. The Balaban J connectivity index is 2.50. The van der Waals surface area contributed by atoms with Crippen LogP contribution in [0.5, 0.6) is 0 Å². The van der Waals surface area contributed by atoms with E-state index in [9.17, 15) is 0 Å². The summed E-state index contributed by atoms with van der Waals surface area (Å²) in [5, 5.41) is 2.08. The van der Waals surface area contributed by atoms with Crippen molar-refractivity contribution in [2.24, 2.45) is 0 Å². The van der Waals surface area contributed by atoms with Crippen molar-refractivity contribution < 1.29 is 0 Å². The van der Waals surface area contributed by atoms with Gasteiger partial charge in [-0.15, -0.1) is 0 Å². The van der Waals surface area contributed by atoms with Gasteiger partial charge in [0.2, 0.25) is 0 Å². The molecule has 0 unspecified atom stereocenters. The molecule has 0 radical (unpaired) electrons. The molecular formula is C17H26N2. The van der Waals surface area contributed by atoms with Crippen LogP contribution in [0.15, 0.2) is 24.3 Å². The molecule has 1 aromatic carbocycles. The van der Waals surface area contributed by atoms with Crippen molar-refractivity contribution in [3.05, 3.63) is 35.4 Å². The van der Waals surface area contributed by atoms with Crippen LogP contribution in [-0.4, -0.2) is 25.1 Å². The first-order valence-electron chi connectivity index (χ1n) is 6.97. The van der Waals surface area contributed by atoms with Crippen LogP contribution in [0.25, 0.3) is 0 Å². The summed E-state index contributed by atoms with van der Waals surface area (Å²) in [7, 11) is 2.04. The van der Waals surface area contributed by atoms with E-state index < -0.39 is 0 Å². The van der Waals surface area contributed by atoms with E-state index in [1.54, 1.807) is 0 Å². The second-order valence-electron chi connectivity index (χ2n) is 5.81. The Morgan fingerprint density at radius 1 is 1.16 bits per heavy atom. The molecule has 0 heterocycles. The number of nitrogens with one attached hydrogen (secondary N) is 1. The highest BCUT2D eigenvalue weighted by molar-refractivity contribution is 5.37. The van der Waals surface area contributed by atoms with Gasteiger partial charge in [-0.05, 0) is 23.1 Å². The molecule has 1 aromatic rings. The van der Waals surface area contributed by atoms with E-state index in [4.69, 9.17) is 0 Å². The predicted octanol–water partition coefficient (Wildman–Crippen LogP) is 3.18. The van der Waals surface area contributed by atoms with Gasteiger partial charge in [0.1, 0.15) is 0 Å². The van der Waals surface area contributed by atoms with Crippen molar-refractivity contribution in [1.29, 1.82) is 0 Å². The Kier molecular flexibility index (Phi) is 6.08. The van der Waals surface area contributed by atoms with Crippen LogP contribution in [0.3, 0.4) is 0 Å². The minimum Gasteiger partial charge on any atom is -0.256 e. The topological polar surface area (TPSA) is 15.3 Å². The molecule has 1 rings (SSSR count). The summed E-state index contributed by atoms with van der Waals surface area (Å²) in [6.45, 7) is 10.7. The second-order valence-corrected chi connectivity index (χ2v) is 5.81. The molecule has 0 saturated carbocycles. The average molecular weight is 258 g/mol. The Hall–Kier alpha value is -1.30. The van der Waals surface area contributed by atoms with Crippen LogP contribution in [-0.2, 0) is 5.41 Å². The predicted molar refractivity (Wildman–Crippen MR) is 82.9 cm³/mol. The fourth-order valence-corrected chi connectivity index (χ4v) is 1.79. The monoisotopic (exact) mass is 258 g/mol. The Morgan fingerprint density at radius 3 is 2.32 bits per heavy atom. The van der Waals surface area contributed by atoms with Gasteiger partial charge in [-0.2, -0.15) is 0 Å². The SMILES string of the molecule is CCNN(C)CCC#Cc1ccc(C(C)(C)C)cc1. The molecule has 104 valence electrons. The molecule has 0 amide bonds.